The molecule has 2 heterocycles. The minimum absolute atomic E-state index is 0.263. The molecule has 0 radical (unpaired) electrons. The lowest BCUT2D eigenvalue weighted by molar-refractivity contribution is -0.133. The van der Waals surface area contributed by atoms with Crippen LogP contribution in [0.3, 0.4) is 0 Å². The van der Waals surface area contributed by atoms with Gasteiger partial charge in [-0.15, -0.1) is 0 Å². The van der Waals surface area contributed by atoms with Crippen LogP contribution in [0.1, 0.15) is 50.5 Å². The number of nitriles is 1. The number of carbonyl (C=O) groups is 1. The lowest BCUT2D eigenvalue weighted by Crippen LogP contribution is -2.45. The maximum atomic E-state index is 12.6. The molecule has 3 rings (SSSR count). The number of rotatable bonds is 4. The molecule has 1 atom stereocenters. The van der Waals surface area contributed by atoms with E-state index < -0.39 is 5.41 Å². The molecule has 1 aromatic rings. The highest BCUT2D eigenvalue weighted by Gasteiger charge is 2.37. The third-order valence-corrected chi connectivity index (χ3v) is 6.12. The van der Waals surface area contributed by atoms with E-state index in [9.17, 15) is 10.1 Å². The first-order valence-electron chi connectivity index (χ1n) is 9.59. The lowest BCUT2D eigenvalue weighted by atomic mass is 9.74. The molecule has 4 nitrogen and oxygen atoms in total. The van der Waals surface area contributed by atoms with Gasteiger partial charge >= 0.3 is 0 Å². The van der Waals surface area contributed by atoms with Gasteiger partial charge in [0, 0.05) is 25.6 Å². The van der Waals surface area contributed by atoms with Gasteiger partial charge in [-0.3, -0.25) is 4.79 Å². The van der Waals surface area contributed by atoms with Crippen molar-refractivity contribution in [1.82, 2.24) is 9.80 Å². The van der Waals surface area contributed by atoms with Crippen LogP contribution in [0.25, 0.3) is 0 Å². The quantitative estimate of drug-likeness (QED) is 0.845. The van der Waals surface area contributed by atoms with Crippen molar-refractivity contribution in [3.8, 4) is 6.07 Å². The van der Waals surface area contributed by atoms with Gasteiger partial charge in [0.2, 0.25) is 5.91 Å². The van der Waals surface area contributed by atoms with Crippen LogP contribution in [-0.4, -0.2) is 48.4 Å². The van der Waals surface area contributed by atoms with Crippen LogP contribution in [0, 0.1) is 11.3 Å². The molecule has 0 saturated carbocycles. The maximum Gasteiger partial charge on any atom is 0.222 e. The molecule has 2 aliphatic rings. The van der Waals surface area contributed by atoms with Crippen molar-refractivity contribution in [3.63, 3.8) is 0 Å². The number of carbonyl (C=O) groups excluding carboxylic acids is 1. The second kappa shape index (κ2) is 8.01. The zero-order valence-electron chi connectivity index (χ0n) is 15.3. The highest BCUT2D eigenvalue weighted by molar-refractivity contribution is 5.76. The number of nitrogens with zero attached hydrogens (tertiary/aromatic N) is 3. The van der Waals surface area contributed by atoms with Crippen molar-refractivity contribution in [3.05, 3.63) is 35.9 Å². The fraction of sp³-hybridized carbons (Fsp3) is 0.619. The first kappa shape index (κ1) is 17.9. The molecule has 0 bridgehead atoms. The van der Waals surface area contributed by atoms with Crippen LogP contribution in [-0.2, 0) is 10.2 Å². The Hall–Kier alpha value is -1.86. The Morgan fingerprint density at radius 2 is 1.92 bits per heavy atom. The van der Waals surface area contributed by atoms with E-state index in [2.05, 4.69) is 18.0 Å². The van der Waals surface area contributed by atoms with Crippen molar-refractivity contribution in [2.75, 3.05) is 26.7 Å². The molecule has 2 saturated heterocycles. The molecule has 0 aromatic heterocycles. The predicted molar refractivity (Wildman–Crippen MR) is 99.1 cm³/mol. The van der Waals surface area contributed by atoms with Crippen LogP contribution in [0.5, 0.6) is 0 Å². The summed E-state index contributed by atoms with van der Waals surface area (Å²) in [5.41, 5.74) is 0.662. The second-order valence-electron chi connectivity index (χ2n) is 7.61. The normalized spacial score (nSPS) is 23.8. The van der Waals surface area contributed by atoms with E-state index in [1.807, 2.05) is 35.2 Å². The zero-order chi connectivity index (χ0) is 17.7. The summed E-state index contributed by atoms with van der Waals surface area (Å²) in [5.74, 6) is 0.263. The minimum Gasteiger partial charge on any atom is -0.343 e. The van der Waals surface area contributed by atoms with Crippen molar-refractivity contribution in [1.29, 1.82) is 5.26 Å². The summed E-state index contributed by atoms with van der Waals surface area (Å²) in [6.07, 6.45) is 6.87. The van der Waals surface area contributed by atoms with Gasteiger partial charge in [0.15, 0.2) is 0 Å². The Balaban J connectivity index is 1.53. The summed E-state index contributed by atoms with van der Waals surface area (Å²) < 4.78 is 0. The maximum absolute atomic E-state index is 12.6. The zero-order valence-corrected chi connectivity index (χ0v) is 15.3. The molecular weight excluding hydrogens is 310 g/mol. The number of piperidine rings is 2. The molecule has 0 N–H and O–H groups in total. The monoisotopic (exact) mass is 339 g/mol. The molecule has 4 heteroatoms. The smallest absolute Gasteiger partial charge is 0.222 e. The second-order valence-corrected chi connectivity index (χ2v) is 7.61. The largest absolute Gasteiger partial charge is 0.343 e. The summed E-state index contributed by atoms with van der Waals surface area (Å²) >= 11 is 0. The number of benzene rings is 1. The summed E-state index contributed by atoms with van der Waals surface area (Å²) in [6.45, 7) is 2.55. The van der Waals surface area contributed by atoms with Crippen molar-refractivity contribution in [2.45, 2.75) is 56.4 Å². The summed E-state index contributed by atoms with van der Waals surface area (Å²) in [6, 6.07) is 13.1. The van der Waals surface area contributed by atoms with Crippen LogP contribution >= 0.6 is 0 Å². The number of hydrogen-bond donors (Lipinski definition) is 0. The highest BCUT2D eigenvalue weighted by atomic mass is 16.2. The van der Waals surface area contributed by atoms with Gasteiger partial charge in [0.1, 0.15) is 0 Å². The van der Waals surface area contributed by atoms with Gasteiger partial charge in [0.25, 0.3) is 0 Å². The Morgan fingerprint density at radius 1 is 1.20 bits per heavy atom. The average Bonchev–Trinajstić information content (AvgIpc) is 2.68. The first-order valence-corrected chi connectivity index (χ1v) is 9.59. The van der Waals surface area contributed by atoms with E-state index in [1.54, 1.807) is 0 Å². The van der Waals surface area contributed by atoms with E-state index in [0.29, 0.717) is 25.6 Å². The summed E-state index contributed by atoms with van der Waals surface area (Å²) in [4.78, 5) is 17.0. The van der Waals surface area contributed by atoms with E-state index >= 15 is 0 Å². The molecule has 2 fully saturated rings. The molecule has 25 heavy (non-hydrogen) atoms. The Kier molecular flexibility index (Phi) is 5.75. The van der Waals surface area contributed by atoms with Gasteiger partial charge in [-0.05, 0) is 51.3 Å². The Bertz CT molecular complexity index is 614. The Morgan fingerprint density at radius 3 is 2.56 bits per heavy atom. The first-order chi connectivity index (χ1) is 12.1. The summed E-state index contributed by atoms with van der Waals surface area (Å²) in [5, 5.41) is 9.76. The number of likely N-dealkylation sites (tertiary alicyclic amines) is 2. The molecule has 0 unspecified atom stereocenters. The fourth-order valence-corrected chi connectivity index (χ4v) is 4.32. The van der Waals surface area contributed by atoms with Crippen LogP contribution < -0.4 is 0 Å². The topological polar surface area (TPSA) is 47.3 Å². The van der Waals surface area contributed by atoms with Crippen molar-refractivity contribution >= 4 is 5.91 Å². The fourth-order valence-electron chi connectivity index (χ4n) is 4.32. The number of hydrogen-bond acceptors (Lipinski definition) is 3. The standard InChI is InChI=1S/C21H29N3O/c1-23-14-6-5-9-19(23)10-11-20(25)24-15-12-21(17-22,13-16-24)18-7-3-2-4-8-18/h2-4,7-8,19H,5-6,9-16H2,1H3/t19-/m1/s1. The van der Waals surface area contributed by atoms with Crippen LogP contribution in [0.2, 0.25) is 0 Å². The molecule has 134 valence electrons. The Labute approximate surface area is 151 Å². The van der Waals surface area contributed by atoms with Gasteiger partial charge in [-0.1, -0.05) is 36.8 Å². The van der Waals surface area contributed by atoms with Crippen molar-refractivity contribution in [2.24, 2.45) is 0 Å². The van der Waals surface area contributed by atoms with Gasteiger partial charge < -0.3 is 9.80 Å². The molecule has 1 amide bonds. The van der Waals surface area contributed by atoms with E-state index in [1.165, 1.54) is 19.3 Å². The van der Waals surface area contributed by atoms with Gasteiger partial charge in [-0.25, -0.2) is 0 Å². The summed E-state index contributed by atoms with van der Waals surface area (Å²) in [7, 11) is 2.18. The van der Waals surface area contributed by atoms with Gasteiger partial charge in [0.05, 0.1) is 11.5 Å². The highest BCUT2D eigenvalue weighted by Crippen LogP contribution is 2.35. The van der Waals surface area contributed by atoms with E-state index in [4.69, 9.17) is 0 Å². The third-order valence-electron chi connectivity index (χ3n) is 6.12. The molecule has 1 aromatic carbocycles. The van der Waals surface area contributed by atoms with E-state index in [-0.39, 0.29) is 5.91 Å². The van der Waals surface area contributed by atoms with Gasteiger partial charge in [-0.2, -0.15) is 5.26 Å². The SMILES string of the molecule is CN1CCCC[C@@H]1CCC(=O)N1CCC(C#N)(c2ccccc2)CC1. The van der Waals surface area contributed by atoms with Crippen LogP contribution in [0.4, 0.5) is 0 Å². The predicted octanol–water partition coefficient (Wildman–Crippen LogP) is 3.33. The molecule has 0 spiro atoms. The van der Waals surface area contributed by atoms with E-state index in [0.717, 1.165) is 31.4 Å². The van der Waals surface area contributed by atoms with Crippen LogP contribution in [0.15, 0.2) is 30.3 Å². The molecule has 2 aliphatic heterocycles. The average molecular weight is 339 g/mol. The number of amides is 1. The van der Waals surface area contributed by atoms with Crippen molar-refractivity contribution < 1.29 is 4.79 Å². The minimum atomic E-state index is -0.429. The molecule has 0 aliphatic carbocycles. The third kappa shape index (κ3) is 4.04. The molecular formula is C21H29N3O. The lowest BCUT2D eigenvalue weighted by Gasteiger charge is -2.38.